The normalized spacial score (nSPS) is 22.1. The third kappa shape index (κ3) is 3.96. The lowest BCUT2D eigenvalue weighted by atomic mass is 10.1. The smallest absolute Gasteiger partial charge is 0.319 e. The minimum Gasteiger partial charge on any atom is -0.335 e. The highest BCUT2D eigenvalue weighted by Gasteiger charge is 2.29. The number of carbonyl (C=O) groups excluding carboxylic acids is 1. The molecule has 0 bridgehead atoms. The summed E-state index contributed by atoms with van der Waals surface area (Å²) in [4.78, 5) is 16.6. The van der Waals surface area contributed by atoms with E-state index in [-0.39, 0.29) is 17.7 Å². The number of aromatic nitrogens is 3. The van der Waals surface area contributed by atoms with Gasteiger partial charge in [-0.15, -0.1) is 0 Å². The van der Waals surface area contributed by atoms with Gasteiger partial charge in [0.05, 0.1) is 13.3 Å². The van der Waals surface area contributed by atoms with Gasteiger partial charge in [-0.25, -0.2) is 14.3 Å². The first kappa shape index (κ1) is 17.0. The highest BCUT2D eigenvalue weighted by atomic mass is 31.2. The molecule has 1 aliphatic rings. The fraction of sp³-hybridized carbons (Fsp3) is 0.562. The molecule has 2 aromatic rings. The maximum atomic E-state index is 12.4. The van der Waals surface area contributed by atoms with Crippen molar-refractivity contribution < 1.29 is 9.36 Å². The number of hydrogen-bond acceptors (Lipinski definition) is 4. The van der Waals surface area contributed by atoms with Gasteiger partial charge in [0, 0.05) is 24.1 Å². The summed E-state index contributed by atoms with van der Waals surface area (Å²) in [5.74, 6) is 0. The molecule has 0 saturated heterocycles. The van der Waals surface area contributed by atoms with Crippen LogP contribution < -0.4 is 10.6 Å². The summed E-state index contributed by atoms with van der Waals surface area (Å²) in [7, 11) is -2.13. The van der Waals surface area contributed by atoms with E-state index in [0.717, 1.165) is 32.1 Å². The lowest BCUT2D eigenvalue weighted by molar-refractivity contribution is 0.247. The summed E-state index contributed by atoms with van der Waals surface area (Å²) in [5.41, 5.74) is 1.39. The van der Waals surface area contributed by atoms with Gasteiger partial charge in [0.1, 0.15) is 5.69 Å². The average Bonchev–Trinajstić information content (AvgIpc) is 2.76. The molecule has 2 atom stereocenters. The molecule has 2 heterocycles. The average molecular weight is 349 g/mol. The summed E-state index contributed by atoms with van der Waals surface area (Å²) in [5, 5.41) is 10.0. The topological polar surface area (TPSA) is 88.4 Å². The Bertz CT molecular complexity index is 769. The van der Waals surface area contributed by atoms with E-state index in [9.17, 15) is 9.36 Å². The highest BCUT2D eigenvalue weighted by molar-refractivity contribution is 7.63. The molecule has 1 saturated carbocycles. The van der Waals surface area contributed by atoms with E-state index in [4.69, 9.17) is 0 Å². The molecule has 3 rings (SSSR count). The van der Waals surface area contributed by atoms with Crippen molar-refractivity contribution in [3.63, 3.8) is 0 Å². The highest BCUT2D eigenvalue weighted by Crippen LogP contribution is 2.48. The number of anilines is 1. The predicted molar refractivity (Wildman–Crippen MR) is 95.3 cm³/mol. The van der Waals surface area contributed by atoms with E-state index in [1.165, 1.54) is 0 Å². The van der Waals surface area contributed by atoms with E-state index >= 15 is 0 Å². The van der Waals surface area contributed by atoms with Crippen LogP contribution in [0, 0.1) is 0 Å². The van der Waals surface area contributed by atoms with Gasteiger partial charge in [-0.1, -0.05) is 12.8 Å². The van der Waals surface area contributed by atoms with Crippen LogP contribution in [0.1, 0.15) is 32.1 Å². The Labute approximate surface area is 141 Å². The molecule has 1 aliphatic carbocycles. The number of nitrogens with one attached hydrogen (secondary N) is 2. The molecule has 24 heavy (non-hydrogen) atoms. The largest absolute Gasteiger partial charge is 0.335 e. The Morgan fingerprint density at radius 2 is 2.12 bits per heavy atom. The van der Waals surface area contributed by atoms with E-state index in [0.29, 0.717) is 11.3 Å². The first-order chi connectivity index (χ1) is 11.4. The number of urea groups is 1. The number of carbonyl (C=O) groups is 1. The Balaban J connectivity index is 1.64. The van der Waals surface area contributed by atoms with Crippen LogP contribution in [0.15, 0.2) is 24.7 Å². The van der Waals surface area contributed by atoms with Crippen molar-refractivity contribution in [1.82, 2.24) is 19.9 Å². The third-order valence-electron chi connectivity index (χ3n) is 4.64. The standard InChI is InChI=1S/C16H24N5O2P/c1-24(2,23)13-7-4-3-6-12(10-13)19-16(22)20-14-11-18-21-9-5-8-17-15(14)21/h5,8-9,11-13H,3-4,6-7,10H2,1-2H3,(H2,19,20,22). The predicted octanol–water partition coefficient (Wildman–Crippen LogP) is 3.17. The Hall–Kier alpha value is -1.88. The van der Waals surface area contributed by atoms with E-state index < -0.39 is 7.14 Å². The third-order valence-corrected chi connectivity index (χ3v) is 6.87. The lowest BCUT2D eigenvalue weighted by Crippen LogP contribution is -2.39. The van der Waals surface area contributed by atoms with Crippen LogP contribution in [0.5, 0.6) is 0 Å². The first-order valence-electron chi connectivity index (χ1n) is 8.34. The van der Waals surface area contributed by atoms with Crippen molar-refractivity contribution in [3.05, 3.63) is 24.7 Å². The molecular formula is C16H24N5O2P. The Morgan fingerprint density at radius 3 is 2.92 bits per heavy atom. The van der Waals surface area contributed by atoms with E-state index in [1.54, 1.807) is 29.2 Å². The minimum atomic E-state index is -2.13. The molecule has 8 heteroatoms. The fourth-order valence-corrected chi connectivity index (χ4v) is 4.86. The second kappa shape index (κ2) is 6.93. The van der Waals surface area contributed by atoms with Crippen molar-refractivity contribution in [2.45, 2.75) is 43.8 Å². The second-order valence-corrected chi connectivity index (χ2v) is 10.4. The van der Waals surface area contributed by atoms with Crippen LogP contribution in [-0.4, -0.2) is 45.7 Å². The van der Waals surface area contributed by atoms with Crippen LogP contribution in [0.25, 0.3) is 5.65 Å². The quantitative estimate of drug-likeness (QED) is 0.658. The van der Waals surface area contributed by atoms with Gasteiger partial charge in [-0.3, -0.25) is 0 Å². The van der Waals surface area contributed by atoms with Gasteiger partial charge < -0.3 is 15.2 Å². The number of hydrogen-bond donors (Lipinski definition) is 2. The molecular weight excluding hydrogens is 325 g/mol. The maximum Gasteiger partial charge on any atom is 0.319 e. The molecule has 130 valence electrons. The van der Waals surface area contributed by atoms with Gasteiger partial charge in [-0.05, 0) is 38.7 Å². The summed E-state index contributed by atoms with van der Waals surface area (Å²) in [6.45, 7) is 3.70. The molecule has 2 N–H and O–H groups in total. The van der Waals surface area contributed by atoms with Crippen LogP contribution in [0.2, 0.25) is 0 Å². The summed E-state index contributed by atoms with van der Waals surface area (Å²) in [6.07, 6.45) is 9.86. The summed E-state index contributed by atoms with van der Waals surface area (Å²) in [6, 6.07) is 1.58. The van der Waals surface area contributed by atoms with Gasteiger partial charge in [0.2, 0.25) is 0 Å². The van der Waals surface area contributed by atoms with Crippen molar-refractivity contribution in [2.75, 3.05) is 18.6 Å². The zero-order valence-corrected chi connectivity index (χ0v) is 15.0. The SMILES string of the molecule is CP(C)(=O)C1CCCCC(NC(=O)Nc2cnn3cccnc23)C1. The van der Waals surface area contributed by atoms with Gasteiger partial charge >= 0.3 is 6.03 Å². The molecule has 7 nitrogen and oxygen atoms in total. The number of nitrogens with zero attached hydrogens (tertiary/aromatic N) is 3. The fourth-order valence-electron chi connectivity index (χ4n) is 3.29. The van der Waals surface area contributed by atoms with Crippen LogP contribution in [0.4, 0.5) is 10.5 Å². The van der Waals surface area contributed by atoms with Crippen molar-refractivity contribution in [2.24, 2.45) is 0 Å². The Kier molecular flexibility index (Phi) is 4.90. The summed E-state index contributed by atoms with van der Waals surface area (Å²) >= 11 is 0. The van der Waals surface area contributed by atoms with Gasteiger partial charge in [-0.2, -0.15) is 5.10 Å². The zero-order chi connectivity index (χ0) is 17.2. The van der Waals surface area contributed by atoms with Crippen LogP contribution >= 0.6 is 7.14 Å². The van der Waals surface area contributed by atoms with Gasteiger partial charge in [0.15, 0.2) is 5.65 Å². The maximum absolute atomic E-state index is 12.4. The number of amides is 2. The number of fused-ring (bicyclic) bond motifs is 1. The zero-order valence-electron chi connectivity index (χ0n) is 14.1. The van der Waals surface area contributed by atoms with Gasteiger partial charge in [0.25, 0.3) is 0 Å². The number of rotatable bonds is 3. The Morgan fingerprint density at radius 1 is 1.33 bits per heavy atom. The van der Waals surface area contributed by atoms with Crippen molar-refractivity contribution in [1.29, 1.82) is 0 Å². The van der Waals surface area contributed by atoms with Crippen molar-refractivity contribution in [3.8, 4) is 0 Å². The molecule has 0 spiro atoms. The first-order valence-corrected chi connectivity index (χ1v) is 11.0. The summed E-state index contributed by atoms with van der Waals surface area (Å²) < 4.78 is 14.0. The minimum absolute atomic E-state index is 0.0560. The molecule has 2 amide bonds. The second-order valence-electron chi connectivity index (χ2n) is 6.85. The molecule has 0 aromatic carbocycles. The monoisotopic (exact) mass is 349 g/mol. The molecule has 0 radical (unpaired) electrons. The lowest BCUT2D eigenvalue weighted by Gasteiger charge is -2.24. The van der Waals surface area contributed by atoms with E-state index in [2.05, 4.69) is 20.7 Å². The molecule has 2 aromatic heterocycles. The van der Waals surface area contributed by atoms with E-state index in [1.807, 2.05) is 13.3 Å². The van der Waals surface area contributed by atoms with Crippen molar-refractivity contribution >= 4 is 24.5 Å². The van der Waals surface area contributed by atoms with Crippen LogP contribution in [-0.2, 0) is 4.57 Å². The molecule has 1 fully saturated rings. The van der Waals surface area contributed by atoms with Crippen LogP contribution in [0.3, 0.4) is 0 Å². The molecule has 0 aliphatic heterocycles. The molecule has 2 unspecified atom stereocenters.